The van der Waals surface area contributed by atoms with Gasteiger partial charge in [0, 0.05) is 17.8 Å². The fraction of sp³-hybridized carbons (Fsp3) is 0.211. The molecule has 2 aromatic carbocycles. The number of anilines is 1. The third kappa shape index (κ3) is 3.35. The molecule has 0 saturated carbocycles. The predicted octanol–water partition coefficient (Wildman–Crippen LogP) is 4.06. The van der Waals surface area contributed by atoms with Gasteiger partial charge in [-0.05, 0) is 29.8 Å². The van der Waals surface area contributed by atoms with E-state index in [-0.39, 0.29) is 11.5 Å². The van der Waals surface area contributed by atoms with Crippen molar-refractivity contribution in [3.05, 3.63) is 65.5 Å². The maximum Gasteiger partial charge on any atom is 0.335 e. The monoisotopic (exact) mass is 321 g/mol. The predicted molar refractivity (Wildman–Crippen MR) is 94.4 cm³/mol. The molecule has 0 fully saturated rings. The van der Waals surface area contributed by atoms with E-state index in [0.717, 1.165) is 28.1 Å². The lowest BCUT2D eigenvalue weighted by atomic mass is 10.1. The Morgan fingerprint density at radius 3 is 2.46 bits per heavy atom. The van der Waals surface area contributed by atoms with Gasteiger partial charge in [-0.15, -0.1) is 0 Å². The van der Waals surface area contributed by atoms with E-state index in [1.807, 2.05) is 36.4 Å². The Kier molecular flexibility index (Phi) is 4.42. The molecule has 5 heteroatoms. The lowest BCUT2D eigenvalue weighted by molar-refractivity contribution is 0.0697. The number of rotatable bonds is 5. The minimum Gasteiger partial charge on any atom is -0.478 e. The normalized spacial score (nSPS) is 11.0. The van der Waals surface area contributed by atoms with Gasteiger partial charge < -0.3 is 10.4 Å². The molecule has 3 rings (SSSR count). The molecule has 0 aliphatic carbocycles. The third-order valence-corrected chi connectivity index (χ3v) is 3.80. The molecule has 3 aromatic rings. The number of nitrogens with zero attached hydrogens (tertiary/aromatic N) is 2. The summed E-state index contributed by atoms with van der Waals surface area (Å²) < 4.78 is 0. The smallest absolute Gasteiger partial charge is 0.335 e. The van der Waals surface area contributed by atoms with Crippen molar-refractivity contribution >= 4 is 22.7 Å². The van der Waals surface area contributed by atoms with Crippen LogP contribution >= 0.6 is 0 Å². The molecule has 24 heavy (non-hydrogen) atoms. The van der Waals surface area contributed by atoms with Gasteiger partial charge in [0.25, 0.3) is 0 Å². The first kappa shape index (κ1) is 15.9. The molecule has 122 valence electrons. The molecule has 0 unspecified atom stereocenters. The molecule has 0 bridgehead atoms. The van der Waals surface area contributed by atoms with Crippen molar-refractivity contribution in [1.29, 1.82) is 0 Å². The van der Waals surface area contributed by atoms with E-state index < -0.39 is 5.97 Å². The van der Waals surface area contributed by atoms with Crippen molar-refractivity contribution < 1.29 is 9.90 Å². The zero-order valence-corrected chi connectivity index (χ0v) is 13.7. The van der Waals surface area contributed by atoms with Crippen molar-refractivity contribution in [3.8, 4) is 0 Å². The molecule has 0 radical (unpaired) electrons. The summed E-state index contributed by atoms with van der Waals surface area (Å²) in [7, 11) is 0. The second-order valence-electron chi connectivity index (χ2n) is 5.96. The van der Waals surface area contributed by atoms with Crippen molar-refractivity contribution in [3.63, 3.8) is 0 Å². The molecule has 1 aromatic heterocycles. The van der Waals surface area contributed by atoms with Gasteiger partial charge in [0.15, 0.2) is 0 Å². The van der Waals surface area contributed by atoms with Gasteiger partial charge >= 0.3 is 5.97 Å². The highest BCUT2D eigenvalue weighted by atomic mass is 16.4. The SMILES string of the molecule is CC(C)c1nc(NCc2ccc(C(=O)O)cc2)c2ccccc2n1. The van der Waals surface area contributed by atoms with E-state index in [1.165, 1.54) is 0 Å². The van der Waals surface area contributed by atoms with Gasteiger partial charge in [-0.2, -0.15) is 0 Å². The largest absolute Gasteiger partial charge is 0.478 e. The van der Waals surface area contributed by atoms with Crippen LogP contribution in [0.1, 0.15) is 41.5 Å². The summed E-state index contributed by atoms with van der Waals surface area (Å²) in [4.78, 5) is 20.2. The number of carboxylic acid groups (broad SMARTS) is 1. The Morgan fingerprint density at radius 1 is 1.08 bits per heavy atom. The minimum absolute atomic E-state index is 0.241. The number of carboxylic acids is 1. The number of aromatic carboxylic acids is 1. The molecular weight excluding hydrogens is 302 g/mol. The number of hydrogen-bond donors (Lipinski definition) is 2. The molecule has 0 amide bonds. The quantitative estimate of drug-likeness (QED) is 0.741. The zero-order valence-electron chi connectivity index (χ0n) is 13.7. The van der Waals surface area contributed by atoms with Gasteiger partial charge in [0.1, 0.15) is 11.6 Å². The number of fused-ring (bicyclic) bond motifs is 1. The highest BCUT2D eigenvalue weighted by Gasteiger charge is 2.10. The van der Waals surface area contributed by atoms with Crippen LogP contribution in [0.2, 0.25) is 0 Å². The van der Waals surface area contributed by atoms with Crippen molar-refractivity contribution in [2.24, 2.45) is 0 Å². The number of para-hydroxylation sites is 1. The molecule has 0 saturated heterocycles. The Hall–Kier alpha value is -2.95. The van der Waals surface area contributed by atoms with Crippen LogP contribution in [0.25, 0.3) is 10.9 Å². The van der Waals surface area contributed by atoms with E-state index in [9.17, 15) is 4.79 Å². The van der Waals surface area contributed by atoms with Crippen molar-refractivity contribution in [1.82, 2.24) is 9.97 Å². The van der Waals surface area contributed by atoms with Crippen LogP contribution in [0.3, 0.4) is 0 Å². The second-order valence-corrected chi connectivity index (χ2v) is 5.96. The highest BCUT2D eigenvalue weighted by molar-refractivity contribution is 5.89. The van der Waals surface area contributed by atoms with Gasteiger partial charge in [-0.3, -0.25) is 0 Å². The summed E-state index contributed by atoms with van der Waals surface area (Å²) >= 11 is 0. The summed E-state index contributed by atoms with van der Waals surface area (Å²) in [6, 6.07) is 14.7. The van der Waals surface area contributed by atoms with E-state index >= 15 is 0 Å². The maximum absolute atomic E-state index is 10.9. The number of nitrogens with one attached hydrogen (secondary N) is 1. The third-order valence-electron chi connectivity index (χ3n) is 3.80. The van der Waals surface area contributed by atoms with Crippen molar-refractivity contribution in [2.75, 3.05) is 5.32 Å². The molecule has 1 heterocycles. The average Bonchev–Trinajstić information content (AvgIpc) is 2.59. The number of benzene rings is 2. The topological polar surface area (TPSA) is 75.1 Å². The first-order chi connectivity index (χ1) is 11.5. The molecule has 0 aliphatic heterocycles. The first-order valence-electron chi connectivity index (χ1n) is 7.87. The summed E-state index contributed by atoms with van der Waals surface area (Å²) in [6.45, 7) is 4.70. The van der Waals surface area contributed by atoms with E-state index in [1.54, 1.807) is 12.1 Å². The number of hydrogen-bond acceptors (Lipinski definition) is 4. The Balaban J connectivity index is 1.87. The molecule has 0 aliphatic rings. The van der Waals surface area contributed by atoms with Crippen LogP contribution in [0.5, 0.6) is 0 Å². The van der Waals surface area contributed by atoms with E-state index in [2.05, 4.69) is 29.1 Å². The Bertz CT molecular complexity index is 873. The van der Waals surface area contributed by atoms with Gasteiger partial charge in [-0.25, -0.2) is 14.8 Å². The molecule has 0 spiro atoms. The molecule has 5 nitrogen and oxygen atoms in total. The van der Waals surface area contributed by atoms with Gasteiger partial charge in [0.2, 0.25) is 0 Å². The minimum atomic E-state index is -0.919. The van der Waals surface area contributed by atoms with Gasteiger partial charge in [0.05, 0.1) is 11.1 Å². The van der Waals surface area contributed by atoms with E-state index in [0.29, 0.717) is 6.54 Å². The van der Waals surface area contributed by atoms with Gasteiger partial charge in [-0.1, -0.05) is 38.1 Å². The van der Waals surface area contributed by atoms with Crippen LogP contribution < -0.4 is 5.32 Å². The van der Waals surface area contributed by atoms with Crippen LogP contribution in [-0.2, 0) is 6.54 Å². The Morgan fingerprint density at radius 2 is 1.79 bits per heavy atom. The Labute approximate surface area is 140 Å². The fourth-order valence-electron chi connectivity index (χ4n) is 2.44. The zero-order chi connectivity index (χ0) is 17.1. The fourth-order valence-corrected chi connectivity index (χ4v) is 2.44. The summed E-state index contributed by atoms with van der Waals surface area (Å²) in [5, 5.41) is 13.3. The highest BCUT2D eigenvalue weighted by Crippen LogP contribution is 2.23. The lowest BCUT2D eigenvalue weighted by Gasteiger charge is -2.12. The van der Waals surface area contributed by atoms with Crippen LogP contribution in [0, 0.1) is 0 Å². The summed E-state index contributed by atoms with van der Waals surface area (Å²) in [5.41, 5.74) is 2.20. The van der Waals surface area contributed by atoms with Crippen LogP contribution in [-0.4, -0.2) is 21.0 Å². The first-order valence-corrected chi connectivity index (χ1v) is 7.87. The summed E-state index contributed by atoms with van der Waals surface area (Å²) in [6.07, 6.45) is 0. The number of aromatic nitrogens is 2. The molecule has 2 N–H and O–H groups in total. The maximum atomic E-state index is 10.9. The molecular formula is C19H19N3O2. The van der Waals surface area contributed by atoms with Crippen molar-refractivity contribution in [2.45, 2.75) is 26.3 Å². The van der Waals surface area contributed by atoms with E-state index in [4.69, 9.17) is 5.11 Å². The lowest BCUT2D eigenvalue weighted by Crippen LogP contribution is -2.07. The number of carbonyl (C=O) groups is 1. The average molecular weight is 321 g/mol. The van der Waals surface area contributed by atoms with Crippen LogP contribution in [0.4, 0.5) is 5.82 Å². The van der Waals surface area contributed by atoms with Crippen LogP contribution in [0.15, 0.2) is 48.5 Å². The second kappa shape index (κ2) is 6.66. The molecule has 0 atom stereocenters. The standard InChI is InChI=1S/C19H19N3O2/c1-12(2)17-21-16-6-4-3-5-15(16)18(22-17)20-11-13-7-9-14(10-8-13)19(23)24/h3-10,12H,11H2,1-2H3,(H,23,24)(H,20,21,22). The summed E-state index contributed by atoms with van der Waals surface area (Å²) in [5.74, 6) is 0.923.